The predicted molar refractivity (Wildman–Crippen MR) is 108 cm³/mol. The summed E-state index contributed by atoms with van der Waals surface area (Å²) in [6.45, 7) is 12.8. The Balaban J connectivity index is 1.79. The Labute approximate surface area is 158 Å². The number of rotatable bonds is 10. The molecule has 1 aliphatic carbocycles. The van der Waals surface area contributed by atoms with E-state index in [0.717, 1.165) is 50.5 Å². The van der Waals surface area contributed by atoms with Crippen molar-refractivity contribution in [2.45, 2.75) is 65.0 Å². The molecule has 3 atom stereocenters. The molecule has 0 spiro atoms. The van der Waals surface area contributed by atoms with Gasteiger partial charge >= 0.3 is 0 Å². The zero-order chi connectivity index (χ0) is 18.9. The quantitative estimate of drug-likeness (QED) is 0.492. The first-order valence-electron chi connectivity index (χ1n) is 10.1. The summed E-state index contributed by atoms with van der Waals surface area (Å²) in [5, 5.41) is 6.99. The van der Waals surface area contributed by atoms with Crippen LogP contribution >= 0.6 is 0 Å². The van der Waals surface area contributed by atoms with E-state index in [2.05, 4.69) is 41.3 Å². The molecule has 0 aromatic heterocycles. The molecule has 4 nitrogen and oxygen atoms in total. The van der Waals surface area contributed by atoms with Gasteiger partial charge < -0.3 is 15.5 Å². The van der Waals surface area contributed by atoms with Crippen molar-refractivity contribution in [1.29, 1.82) is 0 Å². The molecule has 1 aromatic rings. The van der Waals surface area contributed by atoms with Crippen molar-refractivity contribution in [2.24, 2.45) is 4.99 Å². The zero-order valence-corrected chi connectivity index (χ0v) is 16.8. The Bertz CT molecular complexity index is 571. The van der Waals surface area contributed by atoms with E-state index in [1.807, 2.05) is 19.1 Å². The van der Waals surface area contributed by atoms with Crippen LogP contribution in [0.1, 0.15) is 58.4 Å². The monoisotopic (exact) mass is 362 g/mol. The molecule has 0 amide bonds. The second-order valence-electron chi connectivity index (χ2n) is 7.15. The number of nitrogens with zero attached hydrogens (tertiary/aromatic N) is 2. The van der Waals surface area contributed by atoms with Crippen LogP contribution in [-0.2, 0) is 0 Å². The third-order valence-electron chi connectivity index (χ3n) is 5.12. The van der Waals surface area contributed by atoms with Gasteiger partial charge in [0.15, 0.2) is 5.96 Å². The molecule has 0 heterocycles. The minimum atomic E-state index is -0.103. The second-order valence-corrected chi connectivity index (χ2v) is 7.15. The first-order chi connectivity index (χ1) is 12.6. The average molecular weight is 363 g/mol. The van der Waals surface area contributed by atoms with Crippen LogP contribution in [0.25, 0.3) is 0 Å². The molecule has 2 N–H and O–H groups in total. The standard InChI is InChI=1S/C21H35FN4/c1-5-23-21(24-16(4)11-10-14-26(6-2)7-3)25-20-15-18(20)17-12-8-9-13-19(17)22/h8-9,12-13,16,18,20H,5-7,10-11,14-15H2,1-4H3,(H2,23,24,25). The maximum absolute atomic E-state index is 13.9. The summed E-state index contributed by atoms with van der Waals surface area (Å²) in [5.41, 5.74) is 0.813. The van der Waals surface area contributed by atoms with E-state index in [-0.39, 0.29) is 17.8 Å². The molecule has 0 radical (unpaired) electrons. The van der Waals surface area contributed by atoms with Crippen LogP contribution < -0.4 is 10.6 Å². The van der Waals surface area contributed by atoms with Crippen LogP contribution in [0.4, 0.5) is 4.39 Å². The van der Waals surface area contributed by atoms with Gasteiger partial charge in [-0.05, 0) is 64.4 Å². The first kappa shape index (κ1) is 20.7. The summed E-state index contributed by atoms with van der Waals surface area (Å²) in [7, 11) is 0. The van der Waals surface area contributed by atoms with Crippen LogP contribution in [-0.4, -0.2) is 49.1 Å². The lowest BCUT2D eigenvalue weighted by Crippen LogP contribution is -2.44. The van der Waals surface area contributed by atoms with Gasteiger partial charge in [-0.25, -0.2) is 4.39 Å². The molecule has 0 saturated heterocycles. The maximum atomic E-state index is 13.9. The van der Waals surface area contributed by atoms with Crippen LogP contribution in [0.3, 0.4) is 0 Å². The molecule has 1 aliphatic rings. The second kappa shape index (κ2) is 10.5. The first-order valence-corrected chi connectivity index (χ1v) is 10.1. The van der Waals surface area contributed by atoms with Gasteiger partial charge in [0, 0.05) is 24.5 Å². The maximum Gasteiger partial charge on any atom is 0.191 e. The van der Waals surface area contributed by atoms with Crippen molar-refractivity contribution in [3.05, 3.63) is 35.6 Å². The topological polar surface area (TPSA) is 39.7 Å². The van der Waals surface area contributed by atoms with Crippen molar-refractivity contribution in [3.8, 4) is 0 Å². The smallest absolute Gasteiger partial charge is 0.191 e. The normalized spacial score (nSPS) is 20.9. The van der Waals surface area contributed by atoms with Gasteiger partial charge in [0.1, 0.15) is 5.82 Å². The highest BCUT2D eigenvalue weighted by atomic mass is 19.1. The van der Waals surface area contributed by atoms with Gasteiger partial charge in [-0.15, -0.1) is 0 Å². The molecular weight excluding hydrogens is 327 g/mol. The number of nitrogens with one attached hydrogen (secondary N) is 2. The van der Waals surface area contributed by atoms with Gasteiger partial charge in [0.2, 0.25) is 0 Å². The van der Waals surface area contributed by atoms with Crippen molar-refractivity contribution in [1.82, 2.24) is 15.5 Å². The van der Waals surface area contributed by atoms with Gasteiger partial charge in [-0.1, -0.05) is 32.0 Å². The van der Waals surface area contributed by atoms with Crippen molar-refractivity contribution >= 4 is 5.96 Å². The van der Waals surface area contributed by atoms with E-state index in [9.17, 15) is 4.39 Å². The highest BCUT2D eigenvalue weighted by Gasteiger charge is 2.40. The molecule has 3 unspecified atom stereocenters. The number of halogens is 1. The van der Waals surface area contributed by atoms with Gasteiger partial charge in [0.25, 0.3) is 0 Å². The third kappa shape index (κ3) is 6.27. The number of hydrogen-bond acceptors (Lipinski definition) is 2. The zero-order valence-electron chi connectivity index (χ0n) is 16.8. The SMILES string of the molecule is CCN=C(NC(C)CCCN(CC)CC)NC1CC1c1ccccc1F. The van der Waals surface area contributed by atoms with Crippen molar-refractivity contribution in [2.75, 3.05) is 26.2 Å². The third-order valence-corrected chi connectivity index (χ3v) is 5.12. The Morgan fingerprint density at radius 1 is 1.27 bits per heavy atom. The van der Waals surface area contributed by atoms with E-state index in [4.69, 9.17) is 0 Å². The summed E-state index contributed by atoms with van der Waals surface area (Å²) in [6, 6.07) is 7.73. The average Bonchev–Trinajstić information content (AvgIpc) is 3.38. The largest absolute Gasteiger partial charge is 0.354 e. The summed E-state index contributed by atoms with van der Waals surface area (Å²) in [4.78, 5) is 7.01. The summed E-state index contributed by atoms with van der Waals surface area (Å²) in [6.07, 6.45) is 3.25. The summed E-state index contributed by atoms with van der Waals surface area (Å²) < 4.78 is 13.9. The molecule has 1 saturated carbocycles. The Morgan fingerprint density at radius 2 is 2.00 bits per heavy atom. The summed E-state index contributed by atoms with van der Waals surface area (Å²) >= 11 is 0. The van der Waals surface area contributed by atoms with Crippen LogP contribution in [0.2, 0.25) is 0 Å². The lowest BCUT2D eigenvalue weighted by molar-refractivity contribution is 0.292. The fourth-order valence-corrected chi connectivity index (χ4v) is 3.41. The predicted octanol–water partition coefficient (Wildman–Crippen LogP) is 3.75. The minimum Gasteiger partial charge on any atom is -0.354 e. The lowest BCUT2D eigenvalue weighted by atomic mass is 10.1. The molecule has 146 valence electrons. The molecular formula is C21H35FN4. The fourth-order valence-electron chi connectivity index (χ4n) is 3.41. The highest BCUT2D eigenvalue weighted by molar-refractivity contribution is 5.81. The summed E-state index contributed by atoms with van der Waals surface area (Å²) in [5.74, 6) is 0.998. The molecule has 2 rings (SSSR count). The fraction of sp³-hybridized carbons (Fsp3) is 0.667. The van der Waals surface area contributed by atoms with Crippen LogP contribution in [0.15, 0.2) is 29.3 Å². The van der Waals surface area contributed by atoms with E-state index < -0.39 is 0 Å². The van der Waals surface area contributed by atoms with E-state index in [0.29, 0.717) is 6.04 Å². The van der Waals surface area contributed by atoms with Crippen LogP contribution in [0.5, 0.6) is 0 Å². The van der Waals surface area contributed by atoms with Gasteiger partial charge in [-0.2, -0.15) is 0 Å². The molecule has 5 heteroatoms. The molecule has 0 aliphatic heterocycles. The molecule has 1 fully saturated rings. The molecule has 0 bridgehead atoms. The van der Waals surface area contributed by atoms with Gasteiger partial charge in [0.05, 0.1) is 0 Å². The lowest BCUT2D eigenvalue weighted by Gasteiger charge is -2.21. The van der Waals surface area contributed by atoms with E-state index in [1.165, 1.54) is 6.42 Å². The Morgan fingerprint density at radius 3 is 2.65 bits per heavy atom. The van der Waals surface area contributed by atoms with Gasteiger partial charge in [-0.3, -0.25) is 4.99 Å². The number of hydrogen-bond donors (Lipinski definition) is 2. The van der Waals surface area contributed by atoms with E-state index >= 15 is 0 Å². The van der Waals surface area contributed by atoms with Crippen LogP contribution in [0, 0.1) is 5.82 Å². The highest BCUT2D eigenvalue weighted by Crippen LogP contribution is 2.41. The number of guanidine groups is 1. The molecule has 1 aromatic carbocycles. The number of benzene rings is 1. The molecule has 26 heavy (non-hydrogen) atoms. The minimum absolute atomic E-state index is 0.103. The van der Waals surface area contributed by atoms with Crippen molar-refractivity contribution < 1.29 is 4.39 Å². The van der Waals surface area contributed by atoms with E-state index in [1.54, 1.807) is 12.1 Å². The van der Waals surface area contributed by atoms with Crippen molar-refractivity contribution in [3.63, 3.8) is 0 Å². The Hall–Kier alpha value is -1.62. The Kier molecular flexibility index (Phi) is 8.36. The number of aliphatic imine (C=N–C) groups is 1.